The number of benzene rings is 1. The molecule has 1 unspecified atom stereocenters. The average Bonchev–Trinajstić information content (AvgIpc) is 2.30. The van der Waals surface area contributed by atoms with Gasteiger partial charge in [0.05, 0.1) is 10.0 Å². The molecule has 0 aliphatic rings. The van der Waals surface area contributed by atoms with Gasteiger partial charge in [0.2, 0.25) is 0 Å². The van der Waals surface area contributed by atoms with Gasteiger partial charge in [-0.15, -0.1) is 0 Å². The molecule has 0 saturated carbocycles. The van der Waals surface area contributed by atoms with Gasteiger partial charge in [0.25, 0.3) is 0 Å². The van der Waals surface area contributed by atoms with Gasteiger partial charge in [-0.05, 0) is 43.0 Å². The molecule has 0 amide bonds. The van der Waals surface area contributed by atoms with E-state index in [4.69, 9.17) is 23.2 Å². The summed E-state index contributed by atoms with van der Waals surface area (Å²) in [5, 5.41) is 4.65. The first-order valence-electron chi connectivity index (χ1n) is 6.02. The first-order valence-corrected chi connectivity index (χ1v) is 6.77. The Bertz CT molecular complexity index is 374. The molecule has 1 atom stereocenters. The summed E-state index contributed by atoms with van der Waals surface area (Å²) in [6.45, 7) is 6.79. The molecule has 1 N–H and O–H groups in total. The zero-order valence-corrected chi connectivity index (χ0v) is 12.5. The zero-order valence-electron chi connectivity index (χ0n) is 11.0. The van der Waals surface area contributed by atoms with E-state index in [0.717, 1.165) is 12.8 Å². The molecule has 1 nitrogen and oxygen atoms in total. The third kappa shape index (κ3) is 3.87. The van der Waals surface area contributed by atoms with Gasteiger partial charge >= 0.3 is 0 Å². The Kier molecular flexibility index (Phi) is 5.30. The van der Waals surface area contributed by atoms with Crippen LogP contribution >= 0.6 is 23.2 Å². The first-order chi connectivity index (χ1) is 7.90. The Hall–Kier alpha value is -0.240. The van der Waals surface area contributed by atoms with E-state index in [1.165, 1.54) is 5.56 Å². The van der Waals surface area contributed by atoms with E-state index in [1.807, 2.05) is 25.2 Å². The van der Waals surface area contributed by atoms with Gasteiger partial charge in [-0.1, -0.05) is 50.0 Å². The van der Waals surface area contributed by atoms with Gasteiger partial charge in [0.1, 0.15) is 0 Å². The van der Waals surface area contributed by atoms with E-state index < -0.39 is 0 Å². The molecule has 1 aromatic rings. The number of rotatable bonds is 5. The molecule has 0 aliphatic carbocycles. The summed E-state index contributed by atoms with van der Waals surface area (Å²) in [5.41, 5.74) is 1.49. The molecule has 0 aliphatic heterocycles. The monoisotopic (exact) mass is 273 g/mol. The lowest BCUT2D eigenvalue weighted by atomic mass is 9.79. The van der Waals surface area contributed by atoms with Crippen molar-refractivity contribution in [3.8, 4) is 0 Å². The minimum Gasteiger partial charge on any atom is -0.316 e. The summed E-state index contributed by atoms with van der Waals surface area (Å²) < 4.78 is 0. The minimum atomic E-state index is 0.265. The van der Waals surface area contributed by atoms with Gasteiger partial charge in [-0.3, -0.25) is 0 Å². The van der Waals surface area contributed by atoms with Gasteiger partial charge in [0, 0.05) is 6.04 Å². The second kappa shape index (κ2) is 6.08. The normalized spacial score (nSPS) is 13.8. The first kappa shape index (κ1) is 14.8. The van der Waals surface area contributed by atoms with Crippen LogP contribution in [0.25, 0.3) is 0 Å². The summed E-state index contributed by atoms with van der Waals surface area (Å²) in [6.07, 6.45) is 2.11. The highest BCUT2D eigenvalue weighted by atomic mass is 35.5. The molecule has 1 rings (SSSR count). The van der Waals surface area contributed by atoms with Gasteiger partial charge < -0.3 is 5.32 Å². The topological polar surface area (TPSA) is 12.0 Å². The van der Waals surface area contributed by atoms with E-state index in [1.54, 1.807) is 0 Å². The molecular weight excluding hydrogens is 253 g/mol. The second-order valence-corrected chi connectivity index (χ2v) is 5.95. The van der Waals surface area contributed by atoms with Crippen LogP contribution in [0.4, 0.5) is 0 Å². The Morgan fingerprint density at radius 1 is 1.24 bits per heavy atom. The van der Waals surface area contributed by atoms with Crippen molar-refractivity contribution in [2.75, 3.05) is 7.05 Å². The van der Waals surface area contributed by atoms with Crippen molar-refractivity contribution in [2.45, 2.75) is 39.7 Å². The van der Waals surface area contributed by atoms with Crippen molar-refractivity contribution in [1.29, 1.82) is 0 Å². The molecule has 0 heterocycles. The van der Waals surface area contributed by atoms with Crippen molar-refractivity contribution in [3.63, 3.8) is 0 Å². The third-order valence-corrected chi connectivity index (χ3v) is 4.37. The van der Waals surface area contributed by atoms with Crippen molar-refractivity contribution < 1.29 is 0 Å². The lowest BCUT2D eigenvalue weighted by molar-refractivity contribution is 0.240. The minimum absolute atomic E-state index is 0.265. The third-order valence-electron chi connectivity index (χ3n) is 3.63. The fourth-order valence-electron chi connectivity index (χ4n) is 1.92. The number of likely N-dealkylation sites (N-methyl/N-ethyl adjacent to an activating group) is 1. The standard InChI is InChI=1S/C14H21Cl2N/c1-5-14(2,3)13(17-4)9-10-6-7-11(15)12(16)8-10/h6-8,13,17H,5,9H2,1-4H3. The van der Waals surface area contributed by atoms with Gasteiger partial charge in [-0.25, -0.2) is 0 Å². The zero-order chi connectivity index (χ0) is 13.1. The van der Waals surface area contributed by atoms with E-state index in [-0.39, 0.29) is 5.41 Å². The molecule has 0 radical (unpaired) electrons. The van der Waals surface area contributed by atoms with Gasteiger partial charge in [-0.2, -0.15) is 0 Å². The highest BCUT2D eigenvalue weighted by Crippen LogP contribution is 2.29. The Balaban J connectivity index is 2.84. The summed E-state index contributed by atoms with van der Waals surface area (Å²) in [5.74, 6) is 0. The molecule has 0 saturated heterocycles. The molecule has 96 valence electrons. The molecular formula is C14H21Cl2N. The van der Waals surface area contributed by atoms with Crippen LogP contribution in [0.15, 0.2) is 18.2 Å². The Labute approximate surface area is 115 Å². The number of hydrogen-bond donors (Lipinski definition) is 1. The summed E-state index contributed by atoms with van der Waals surface area (Å²) in [7, 11) is 2.01. The fourth-order valence-corrected chi connectivity index (χ4v) is 2.24. The van der Waals surface area contributed by atoms with E-state index in [9.17, 15) is 0 Å². The highest BCUT2D eigenvalue weighted by molar-refractivity contribution is 6.42. The molecule has 17 heavy (non-hydrogen) atoms. The molecule has 0 aromatic heterocycles. The van der Waals surface area contributed by atoms with E-state index in [0.29, 0.717) is 16.1 Å². The van der Waals surface area contributed by atoms with E-state index in [2.05, 4.69) is 26.1 Å². The van der Waals surface area contributed by atoms with Crippen molar-refractivity contribution >= 4 is 23.2 Å². The maximum Gasteiger partial charge on any atom is 0.0595 e. The molecule has 0 spiro atoms. The van der Waals surface area contributed by atoms with Crippen molar-refractivity contribution in [3.05, 3.63) is 33.8 Å². The summed E-state index contributed by atoms with van der Waals surface area (Å²) in [6, 6.07) is 6.31. The van der Waals surface area contributed by atoms with Gasteiger partial charge in [0.15, 0.2) is 0 Å². The molecule has 3 heteroatoms. The van der Waals surface area contributed by atoms with Crippen LogP contribution in [-0.4, -0.2) is 13.1 Å². The second-order valence-electron chi connectivity index (χ2n) is 5.14. The van der Waals surface area contributed by atoms with Crippen LogP contribution in [0, 0.1) is 5.41 Å². The van der Waals surface area contributed by atoms with Crippen LogP contribution in [0.2, 0.25) is 10.0 Å². The van der Waals surface area contributed by atoms with Crippen LogP contribution in [0.1, 0.15) is 32.8 Å². The quantitative estimate of drug-likeness (QED) is 0.830. The van der Waals surface area contributed by atoms with Crippen LogP contribution in [-0.2, 0) is 6.42 Å². The van der Waals surface area contributed by atoms with E-state index >= 15 is 0 Å². The molecule has 0 bridgehead atoms. The Morgan fingerprint density at radius 2 is 1.88 bits per heavy atom. The molecule has 1 aromatic carbocycles. The van der Waals surface area contributed by atoms with Crippen LogP contribution in [0.5, 0.6) is 0 Å². The maximum atomic E-state index is 6.04. The number of hydrogen-bond acceptors (Lipinski definition) is 1. The predicted octanol–water partition coefficient (Wildman–Crippen LogP) is 4.56. The number of halogens is 2. The van der Waals surface area contributed by atoms with Crippen molar-refractivity contribution in [2.24, 2.45) is 5.41 Å². The van der Waals surface area contributed by atoms with Crippen LogP contribution < -0.4 is 5.32 Å². The lowest BCUT2D eigenvalue weighted by Crippen LogP contribution is -2.41. The molecule has 0 fully saturated rings. The fraction of sp³-hybridized carbons (Fsp3) is 0.571. The smallest absolute Gasteiger partial charge is 0.0595 e. The predicted molar refractivity (Wildman–Crippen MR) is 77.1 cm³/mol. The maximum absolute atomic E-state index is 6.04. The van der Waals surface area contributed by atoms with Crippen molar-refractivity contribution in [1.82, 2.24) is 5.32 Å². The SMILES string of the molecule is CCC(C)(C)C(Cc1ccc(Cl)c(Cl)c1)NC. The highest BCUT2D eigenvalue weighted by Gasteiger charge is 2.26. The van der Waals surface area contributed by atoms with Crippen LogP contribution in [0.3, 0.4) is 0 Å². The summed E-state index contributed by atoms with van der Waals surface area (Å²) in [4.78, 5) is 0. The summed E-state index contributed by atoms with van der Waals surface area (Å²) >= 11 is 12.0. The largest absolute Gasteiger partial charge is 0.316 e. The lowest BCUT2D eigenvalue weighted by Gasteiger charge is -2.33. The number of nitrogens with one attached hydrogen (secondary N) is 1. The Morgan fingerprint density at radius 3 is 2.35 bits per heavy atom. The average molecular weight is 274 g/mol.